The molecule has 2 N–H and O–H groups in total. The largest absolute Gasteiger partial charge is 0.342 e. The van der Waals surface area contributed by atoms with Gasteiger partial charge in [0.25, 0.3) is 0 Å². The van der Waals surface area contributed by atoms with Crippen molar-refractivity contribution in [3.8, 4) is 0 Å². The Morgan fingerprint density at radius 1 is 1.11 bits per heavy atom. The van der Waals surface area contributed by atoms with Crippen molar-refractivity contribution in [3.63, 3.8) is 0 Å². The third kappa shape index (κ3) is 7.00. The van der Waals surface area contributed by atoms with Crippen molar-refractivity contribution in [2.45, 2.75) is 82.2 Å². The van der Waals surface area contributed by atoms with Crippen molar-refractivity contribution in [1.82, 2.24) is 20.4 Å². The highest BCUT2D eigenvalue weighted by molar-refractivity contribution is 7.99. The fraction of sp³-hybridized carbons (Fsp3) is 0.667. The normalized spacial score (nSPS) is 21.1. The van der Waals surface area contributed by atoms with Crippen LogP contribution < -0.4 is 10.6 Å². The van der Waals surface area contributed by atoms with E-state index in [1.54, 1.807) is 0 Å². The van der Waals surface area contributed by atoms with Crippen LogP contribution in [0.5, 0.6) is 0 Å². The molecule has 8 heteroatoms. The Labute approximate surface area is 214 Å². The van der Waals surface area contributed by atoms with Gasteiger partial charge in [0.15, 0.2) is 0 Å². The van der Waals surface area contributed by atoms with E-state index in [-0.39, 0.29) is 17.7 Å². The number of benzene rings is 1. The Morgan fingerprint density at radius 3 is 2.43 bits per heavy atom. The number of carbonyl (C=O) groups excluding carboxylic acids is 3. The smallest absolute Gasteiger partial charge is 0.249 e. The zero-order chi connectivity index (χ0) is 25.3. The minimum Gasteiger partial charge on any atom is -0.342 e. The zero-order valence-electron chi connectivity index (χ0n) is 21.6. The van der Waals surface area contributed by atoms with Crippen LogP contribution >= 0.6 is 11.8 Å². The maximum Gasteiger partial charge on any atom is 0.249 e. The summed E-state index contributed by atoms with van der Waals surface area (Å²) >= 11 is 1.38. The summed E-state index contributed by atoms with van der Waals surface area (Å²) in [4.78, 5) is 42.8. The number of likely N-dealkylation sites (tertiary alicyclic amines) is 1. The summed E-state index contributed by atoms with van der Waals surface area (Å²) in [6, 6.07) is 9.93. The molecule has 3 amide bonds. The van der Waals surface area contributed by atoms with E-state index < -0.39 is 17.0 Å². The van der Waals surface area contributed by atoms with E-state index in [1.165, 1.54) is 49.9 Å². The lowest BCUT2D eigenvalue weighted by molar-refractivity contribution is -0.161. The number of amides is 3. The van der Waals surface area contributed by atoms with Gasteiger partial charge in [-0.3, -0.25) is 14.4 Å². The molecule has 2 fully saturated rings. The van der Waals surface area contributed by atoms with E-state index in [2.05, 4.69) is 45.9 Å². The van der Waals surface area contributed by atoms with E-state index in [9.17, 15) is 14.4 Å². The second kappa shape index (κ2) is 13.3. The van der Waals surface area contributed by atoms with Crippen LogP contribution in [0.25, 0.3) is 0 Å². The summed E-state index contributed by atoms with van der Waals surface area (Å²) in [7, 11) is 0. The highest BCUT2D eigenvalue weighted by Crippen LogP contribution is 2.34. The van der Waals surface area contributed by atoms with Gasteiger partial charge in [-0.15, -0.1) is 11.8 Å². The average molecular weight is 503 g/mol. The monoisotopic (exact) mass is 502 g/mol. The molecule has 2 aliphatic rings. The standard InChI is InChI=1S/C27H42N4O3S/c1-4-17-31-25(33)23(24(35-3)28-21(2)32)29-26(34)27(31)15-19-30(20-16-27)18-11-6-5-8-12-22-13-9-7-10-14-22/h7,9-10,13-14,23-24H,4-6,8,11-12,15-20H2,1-3H3,(H,28,32)(H,29,34)/t23-,24?/m0/s1. The molecule has 1 spiro atoms. The van der Waals surface area contributed by atoms with Crippen molar-refractivity contribution in [2.75, 3.05) is 32.4 Å². The lowest BCUT2D eigenvalue weighted by Gasteiger charge is -2.52. The first kappa shape index (κ1) is 27.5. The van der Waals surface area contributed by atoms with Crippen molar-refractivity contribution >= 4 is 29.5 Å². The number of piperazine rings is 1. The van der Waals surface area contributed by atoms with Gasteiger partial charge >= 0.3 is 0 Å². The van der Waals surface area contributed by atoms with E-state index in [1.807, 2.05) is 18.1 Å². The van der Waals surface area contributed by atoms with Gasteiger partial charge in [-0.1, -0.05) is 50.1 Å². The van der Waals surface area contributed by atoms with Gasteiger partial charge in [0, 0.05) is 26.6 Å². The van der Waals surface area contributed by atoms with E-state index >= 15 is 0 Å². The maximum absolute atomic E-state index is 13.5. The van der Waals surface area contributed by atoms with Crippen LogP contribution in [0.4, 0.5) is 0 Å². The Balaban J connectivity index is 1.50. The van der Waals surface area contributed by atoms with Crippen LogP contribution in [0, 0.1) is 0 Å². The van der Waals surface area contributed by atoms with Crippen molar-refractivity contribution < 1.29 is 14.4 Å². The number of hydrogen-bond acceptors (Lipinski definition) is 5. The third-order valence-corrected chi connectivity index (χ3v) is 8.22. The Morgan fingerprint density at radius 2 is 1.80 bits per heavy atom. The molecule has 35 heavy (non-hydrogen) atoms. The van der Waals surface area contributed by atoms with Gasteiger partial charge < -0.3 is 20.4 Å². The minimum atomic E-state index is -0.769. The Bertz CT molecular complexity index is 842. The number of thioether (sulfide) groups is 1. The Hall–Kier alpha value is -2.06. The number of rotatable bonds is 12. The number of nitrogens with one attached hydrogen (secondary N) is 2. The number of unbranched alkanes of at least 4 members (excludes halogenated alkanes) is 3. The summed E-state index contributed by atoms with van der Waals surface area (Å²) in [5, 5.41) is 5.32. The molecule has 1 unspecified atom stereocenters. The van der Waals surface area contributed by atoms with Gasteiger partial charge in [0.2, 0.25) is 17.7 Å². The number of aryl methyl sites for hydroxylation is 1. The lowest BCUT2D eigenvalue weighted by atomic mass is 9.81. The maximum atomic E-state index is 13.5. The molecule has 194 valence electrons. The second-order valence-corrected chi connectivity index (χ2v) is 10.8. The summed E-state index contributed by atoms with van der Waals surface area (Å²) in [6.07, 6.45) is 9.95. The van der Waals surface area contributed by atoms with Gasteiger partial charge in [0.05, 0.1) is 0 Å². The summed E-state index contributed by atoms with van der Waals surface area (Å²) in [6.45, 7) is 6.73. The van der Waals surface area contributed by atoms with Crippen LogP contribution in [-0.4, -0.2) is 76.9 Å². The molecule has 7 nitrogen and oxygen atoms in total. The molecule has 1 aromatic carbocycles. The first-order chi connectivity index (χ1) is 16.9. The molecule has 0 saturated carbocycles. The molecule has 3 rings (SSSR count). The predicted molar refractivity (Wildman–Crippen MR) is 142 cm³/mol. The van der Waals surface area contributed by atoms with Gasteiger partial charge in [-0.05, 0) is 56.9 Å². The zero-order valence-corrected chi connectivity index (χ0v) is 22.4. The van der Waals surface area contributed by atoms with Crippen molar-refractivity contribution in [1.29, 1.82) is 0 Å². The number of hydrogen-bond donors (Lipinski definition) is 2. The first-order valence-electron chi connectivity index (χ1n) is 13.1. The second-order valence-electron chi connectivity index (χ2n) is 9.82. The highest BCUT2D eigenvalue weighted by Gasteiger charge is 2.54. The van der Waals surface area contributed by atoms with Gasteiger partial charge in [0.1, 0.15) is 17.0 Å². The fourth-order valence-corrected chi connectivity index (χ4v) is 6.12. The molecular formula is C27H42N4O3S. The SMILES string of the molecule is CCCN1C(=O)[C@H](C(NC(C)=O)SC)NC(=O)C12CCN(CCCCCCc1ccccc1)CC2. The molecule has 2 atom stereocenters. The molecule has 0 aliphatic carbocycles. The number of nitrogens with zero attached hydrogens (tertiary/aromatic N) is 2. The Kier molecular flexibility index (Phi) is 10.5. The molecule has 2 saturated heterocycles. The quantitative estimate of drug-likeness (QED) is 0.339. The number of piperidine rings is 1. The van der Waals surface area contributed by atoms with E-state index in [4.69, 9.17) is 0 Å². The molecule has 0 bridgehead atoms. The topological polar surface area (TPSA) is 81.8 Å². The molecule has 2 aliphatic heterocycles. The molecule has 1 aromatic rings. The van der Waals surface area contributed by atoms with Crippen LogP contribution in [0.1, 0.15) is 64.4 Å². The summed E-state index contributed by atoms with van der Waals surface area (Å²) in [5.41, 5.74) is 0.642. The summed E-state index contributed by atoms with van der Waals surface area (Å²) < 4.78 is 0. The molecular weight excluding hydrogens is 460 g/mol. The van der Waals surface area contributed by atoms with Crippen LogP contribution in [0.15, 0.2) is 30.3 Å². The van der Waals surface area contributed by atoms with Gasteiger partial charge in [-0.25, -0.2) is 0 Å². The first-order valence-corrected chi connectivity index (χ1v) is 14.4. The van der Waals surface area contributed by atoms with Crippen LogP contribution in [0.2, 0.25) is 0 Å². The minimum absolute atomic E-state index is 0.0690. The fourth-order valence-electron chi connectivity index (χ4n) is 5.38. The van der Waals surface area contributed by atoms with Crippen LogP contribution in [0.3, 0.4) is 0 Å². The van der Waals surface area contributed by atoms with Crippen molar-refractivity contribution in [3.05, 3.63) is 35.9 Å². The highest BCUT2D eigenvalue weighted by atomic mass is 32.2. The summed E-state index contributed by atoms with van der Waals surface area (Å²) in [5.74, 6) is -0.353. The van der Waals surface area contributed by atoms with E-state index in [0.717, 1.165) is 32.5 Å². The van der Waals surface area contributed by atoms with Crippen LogP contribution in [-0.2, 0) is 20.8 Å². The predicted octanol–water partition coefficient (Wildman–Crippen LogP) is 3.19. The average Bonchev–Trinajstić information content (AvgIpc) is 2.86. The van der Waals surface area contributed by atoms with Crippen molar-refractivity contribution in [2.24, 2.45) is 0 Å². The lowest BCUT2D eigenvalue weighted by Crippen LogP contribution is -2.75. The third-order valence-electron chi connectivity index (χ3n) is 7.32. The van der Waals surface area contributed by atoms with Gasteiger partial charge in [-0.2, -0.15) is 0 Å². The molecule has 0 radical (unpaired) electrons. The van der Waals surface area contributed by atoms with E-state index in [0.29, 0.717) is 19.4 Å². The molecule has 0 aromatic heterocycles. The number of carbonyl (C=O) groups is 3. The molecule has 2 heterocycles.